The van der Waals surface area contributed by atoms with Crippen molar-refractivity contribution in [1.29, 1.82) is 0 Å². The molecule has 0 atom stereocenters. The molecule has 0 aliphatic heterocycles. The summed E-state index contributed by atoms with van der Waals surface area (Å²) in [4.78, 5) is 10.1. The van der Waals surface area contributed by atoms with E-state index >= 15 is 0 Å². The van der Waals surface area contributed by atoms with Crippen molar-refractivity contribution in [3.63, 3.8) is 0 Å². The molecule has 0 aromatic heterocycles. The monoisotopic (exact) mass is 246 g/mol. The van der Waals surface area contributed by atoms with Crippen LogP contribution in [0.3, 0.4) is 0 Å². The lowest BCUT2D eigenvalue weighted by Crippen LogP contribution is -2.01. The first-order chi connectivity index (χ1) is 8.66. The fourth-order valence-corrected chi connectivity index (χ4v) is 1.57. The number of benzene rings is 2. The first-order valence-electron chi connectivity index (χ1n) is 5.38. The van der Waals surface area contributed by atoms with Gasteiger partial charge in [0.15, 0.2) is 0 Å². The molecular formula is C13H11FN2O2. The van der Waals surface area contributed by atoms with E-state index in [0.29, 0.717) is 11.3 Å². The van der Waals surface area contributed by atoms with Crippen molar-refractivity contribution in [2.24, 2.45) is 0 Å². The molecule has 0 fully saturated rings. The predicted molar refractivity (Wildman–Crippen MR) is 66.8 cm³/mol. The molecule has 0 radical (unpaired) electrons. The Hall–Kier alpha value is -2.43. The zero-order chi connectivity index (χ0) is 13.0. The van der Waals surface area contributed by atoms with Gasteiger partial charge in [-0.3, -0.25) is 10.1 Å². The minimum absolute atomic E-state index is 0.00790. The van der Waals surface area contributed by atoms with Crippen LogP contribution in [0, 0.1) is 15.9 Å². The largest absolute Gasteiger partial charge is 0.381 e. The second-order valence-corrected chi connectivity index (χ2v) is 3.75. The van der Waals surface area contributed by atoms with Gasteiger partial charge in [-0.25, -0.2) is 4.39 Å². The third-order valence-electron chi connectivity index (χ3n) is 2.50. The standard InChI is InChI=1S/C13H11FN2O2/c14-13-7-2-1-4-10(13)9-15-11-5-3-6-12(8-11)16(17)18/h1-8,15H,9H2. The minimum Gasteiger partial charge on any atom is -0.381 e. The van der Waals surface area contributed by atoms with Crippen molar-refractivity contribution in [2.45, 2.75) is 6.54 Å². The molecule has 92 valence electrons. The molecule has 0 amide bonds. The van der Waals surface area contributed by atoms with E-state index in [-0.39, 0.29) is 18.0 Å². The number of nitro groups is 1. The van der Waals surface area contributed by atoms with Crippen LogP contribution in [0.25, 0.3) is 0 Å². The Morgan fingerprint density at radius 2 is 1.94 bits per heavy atom. The van der Waals surface area contributed by atoms with Gasteiger partial charge in [0.25, 0.3) is 5.69 Å². The van der Waals surface area contributed by atoms with Gasteiger partial charge >= 0.3 is 0 Å². The molecule has 2 aromatic rings. The lowest BCUT2D eigenvalue weighted by atomic mass is 10.2. The average molecular weight is 246 g/mol. The Kier molecular flexibility index (Phi) is 3.52. The summed E-state index contributed by atoms with van der Waals surface area (Å²) in [5.74, 6) is -0.296. The van der Waals surface area contributed by atoms with Crippen LogP contribution in [-0.4, -0.2) is 4.92 Å². The van der Waals surface area contributed by atoms with Crippen LogP contribution in [0.5, 0.6) is 0 Å². The van der Waals surface area contributed by atoms with Gasteiger partial charge < -0.3 is 5.32 Å². The van der Waals surface area contributed by atoms with E-state index in [1.54, 1.807) is 30.3 Å². The van der Waals surface area contributed by atoms with Gasteiger partial charge in [-0.15, -0.1) is 0 Å². The van der Waals surface area contributed by atoms with E-state index < -0.39 is 4.92 Å². The summed E-state index contributed by atoms with van der Waals surface area (Å²) < 4.78 is 13.4. The molecule has 0 bridgehead atoms. The lowest BCUT2D eigenvalue weighted by Gasteiger charge is -2.07. The highest BCUT2D eigenvalue weighted by atomic mass is 19.1. The molecule has 5 heteroatoms. The number of hydrogen-bond donors (Lipinski definition) is 1. The third-order valence-corrected chi connectivity index (χ3v) is 2.50. The lowest BCUT2D eigenvalue weighted by molar-refractivity contribution is -0.384. The van der Waals surface area contributed by atoms with E-state index in [9.17, 15) is 14.5 Å². The van der Waals surface area contributed by atoms with Crippen LogP contribution in [-0.2, 0) is 6.54 Å². The molecule has 18 heavy (non-hydrogen) atoms. The number of nitro benzene ring substituents is 1. The molecule has 0 aliphatic rings. The summed E-state index contributed by atoms with van der Waals surface area (Å²) in [5, 5.41) is 13.6. The van der Waals surface area contributed by atoms with Crippen LogP contribution in [0.4, 0.5) is 15.8 Å². The minimum atomic E-state index is -0.464. The van der Waals surface area contributed by atoms with E-state index in [1.807, 2.05) is 0 Å². The normalized spacial score (nSPS) is 10.1. The molecule has 0 saturated carbocycles. The molecule has 0 aliphatic carbocycles. The molecule has 0 saturated heterocycles. The maximum absolute atomic E-state index is 13.4. The summed E-state index contributed by atoms with van der Waals surface area (Å²) in [6.07, 6.45) is 0. The van der Waals surface area contributed by atoms with E-state index in [0.717, 1.165) is 0 Å². The van der Waals surface area contributed by atoms with Gasteiger partial charge in [-0.05, 0) is 12.1 Å². The number of hydrogen-bond acceptors (Lipinski definition) is 3. The number of non-ortho nitro benzene ring substituents is 1. The molecular weight excluding hydrogens is 235 g/mol. The highest BCUT2D eigenvalue weighted by Gasteiger charge is 2.06. The van der Waals surface area contributed by atoms with Gasteiger partial charge in [0.1, 0.15) is 5.82 Å². The number of rotatable bonds is 4. The SMILES string of the molecule is O=[N+]([O-])c1cccc(NCc2ccccc2F)c1. The maximum atomic E-state index is 13.4. The van der Waals surface area contributed by atoms with Crippen LogP contribution >= 0.6 is 0 Å². The fraction of sp³-hybridized carbons (Fsp3) is 0.0769. The quantitative estimate of drug-likeness (QED) is 0.664. The predicted octanol–water partition coefficient (Wildman–Crippen LogP) is 3.35. The summed E-state index contributed by atoms with van der Waals surface area (Å²) in [7, 11) is 0. The highest BCUT2D eigenvalue weighted by molar-refractivity contribution is 5.51. The summed E-state index contributed by atoms with van der Waals surface area (Å²) in [6.45, 7) is 0.286. The second-order valence-electron chi connectivity index (χ2n) is 3.75. The molecule has 1 N–H and O–H groups in total. The Bertz CT molecular complexity index is 572. The van der Waals surface area contributed by atoms with Crippen LogP contribution in [0.1, 0.15) is 5.56 Å². The van der Waals surface area contributed by atoms with Gasteiger partial charge in [0.05, 0.1) is 4.92 Å². The molecule has 4 nitrogen and oxygen atoms in total. The van der Waals surface area contributed by atoms with Gasteiger partial charge in [-0.2, -0.15) is 0 Å². The zero-order valence-electron chi connectivity index (χ0n) is 9.47. The molecule has 2 aromatic carbocycles. The van der Waals surface area contributed by atoms with Crippen LogP contribution in [0.2, 0.25) is 0 Å². The Balaban J connectivity index is 2.09. The van der Waals surface area contributed by atoms with Crippen LogP contribution < -0.4 is 5.32 Å². The summed E-state index contributed by atoms with van der Waals surface area (Å²) in [5.41, 5.74) is 1.12. The van der Waals surface area contributed by atoms with E-state index in [4.69, 9.17) is 0 Å². The zero-order valence-corrected chi connectivity index (χ0v) is 9.47. The number of nitrogens with one attached hydrogen (secondary N) is 1. The smallest absolute Gasteiger partial charge is 0.271 e. The molecule has 0 heterocycles. The van der Waals surface area contributed by atoms with Crippen LogP contribution in [0.15, 0.2) is 48.5 Å². The first-order valence-corrected chi connectivity index (χ1v) is 5.38. The Labute approximate surface area is 103 Å². The summed E-state index contributed by atoms with van der Waals surface area (Å²) in [6, 6.07) is 12.5. The Morgan fingerprint density at radius 1 is 1.17 bits per heavy atom. The fourth-order valence-electron chi connectivity index (χ4n) is 1.57. The number of nitrogens with zero attached hydrogens (tertiary/aromatic N) is 1. The van der Waals surface area contributed by atoms with E-state index in [1.165, 1.54) is 18.2 Å². The molecule has 0 spiro atoms. The van der Waals surface area contributed by atoms with E-state index in [2.05, 4.69) is 5.32 Å². The topological polar surface area (TPSA) is 55.2 Å². The van der Waals surface area contributed by atoms with Crippen molar-refractivity contribution in [3.8, 4) is 0 Å². The third kappa shape index (κ3) is 2.82. The number of halogens is 1. The average Bonchev–Trinajstić information content (AvgIpc) is 2.38. The maximum Gasteiger partial charge on any atom is 0.271 e. The highest BCUT2D eigenvalue weighted by Crippen LogP contribution is 2.18. The van der Waals surface area contributed by atoms with Gasteiger partial charge in [0.2, 0.25) is 0 Å². The number of anilines is 1. The van der Waals surface area contributed by atoms with Crippen molar-refractivity contribution in [1.82, 2.24) is 0 Å². The molecule has 0 unspecified atom stereocenters. The first kappa shape index (κ1) is 12.0. The molecule has 2 rings (SSSR count). The Morgan fingerprint density at radius 3 is 2.67 bits per heavy atom. The van der Waals surface area contributed by atoms with Crippen molar-refractivity contribution < 1.29 is 9.31 Å². The van der Waals surface area contributed by atoms with Crippen molar-refractivity contribution in [3.05, 3.63) is 70.0 Å². The van der Waals surface area contributed by atoms with Gasteiger partial charge in [-0.1, -0.05) is 24.3 Å². The van der Waals surface area contributed by atoms with Crippen molar-refractivity contribution >= 4 is 11.4 Å². The van der Waals surface area contributed by atoms with Gasteiger partial charge in [0, 0.05) is 29.9 Å². The summed E-state index contributed by atoms with van der Waals surface area (Å²) >= 11 is 0. The van der Waals surface area contributed by atoms with Crippen molar-refractivity contribution in [2.75, 3.05) is 5.32 Å². The second kappa shape index (κ2) is 5.27.